The van der Waals surface area contributed by atoms with Gasteiger partial charge in [-0.1, -0.05) is 0 Å². The molecule has 0 radical (unpaired) electrons. The molecule has 0 saturated heterocycles. The summed E-state index contributed by atoms with van der Waals surface area (Å²) in [5, 5.41) is 0. The monoisotopic (exact) mass is 202 g/mol. The zero-order valence-electron chi connectivity index (χ0n) is 7.09. The lowest BCUT2D eigenvalue weighted by molar-refractivity contribution is -0.123. The Morgan fingerprint density at radius 3 is 2.43 bits per heavy atom. The van der Waals surface area contributed by atoms with Crippen molar-refractivity contribution in [1.82, 2.24) is 5.43 Å². The Balaban J connectivity index is 2.63. The third kappa shape index (κ3) is 2.98. The van der Waals surface area contributed by atoms with E-state index in [1.165, 1.54) is 0 Å². The van der Waals surface area contributed by atoms with Gasteiger partial charge in [-0.15, -0.1) is 0 Å². The molecule has 6 heteroatoms. The van der Waals surface area contributed by atoms with Crippen LogP contribution in [0, 0.1) is 11.6 Å². The predicted octanol–water partition coefficient (Wildman–Crippen LogP) is 0.334. The third-order valence-electron chi connectivity index (χ3n) is 1.37. The number of carbonyl (C=O) groups is 1. The number of hydrazine groups is 1. The molecule has 0 heterocycles. The predicted molar refractivity (Wildman–Crippen MR) is 44.2 cm³/mol. The molecular weight excluding hydrogens is 194 g/mol. The lowest BCUT2D eigenvalue weighted by atomic mass is 10.3. The van der Waals surface area contributed by atoms with Crippen molar-refractivity contribution in [3.05, 3.63) is 29.8 Å². The Morgan fingerprint density at radius 1 is 1.36 bits per heavy atom. The van der Waals surface area contributed by atoms with Gasteiger partial charge in [-0.2, -0.15) is 0 Å². The number of benzene rings is 1. The molecule has 0 unspecified atom stereocenters. The number of rotatable bonds is 3. The minimum absolute atomic E-state index is 0.0638. The molecule has 14 heavy (non-hydrogen) atoms. The number of ether oxygens (including phenoxy) is 1. The highest BCUT2D eigenvalue weighted by molar-refractivity contribution is 5.76. The Bertz CT molecular complexity index is 324. The summed E-state index contributed by atoms with van der Waals surface area (Å²) in [4.78, 5) is 10.6. The van der Waals surface area contributed by atoms with Crippen LogP contribution in [0.3, 0.4) is 0 Å². The lowest BCUT2D eigenvalue weighted by Crippen LogP contribution is -2.34. The van der Waals surface area contributed by atoms with Gasteiger partial charge in [0, 0.05) is 18.2 Å². The van der Waals surface area contributed by atoms with Crippen molar-refractivity contribution in [1.29, 1.82) is 0 Å². The number of carbonyl (C=O) groups excluding carboxylic acids is 1. The summed E-state index contributed by atoms with van der Waals surface area (Å²) in [6, 6.07) is 2.63. The lowest BCUT2D eigenvalue weighted by Gasteiger charge is -2.04. The van der Waals surface area contributed by atoms with Crippen LogP contribution in [0.25, 0.3) is 0 Å². The van der Waals surface area contributed by atoms with Crippen LogP contribution >= 0.6 is 0 Å². The smallest absolute Gasteiger partial charge is 0.271 e. The average Bonchev–Trinajstić information content (AvgIpc) is 2.12. The van der Waals surface area contributed by atoms with Crippen molar-refractivity contribution in [2.75, 3.05) is 6.61 Å². The third-order valence-corrected chi connectivity index (χ3v) is 1.37. The molecule has 1 amide bonds. The van der Waals surface area contributed by atoms with Crippen LogP contribution in [-0.4, -0.2) is 12.5 Å². The molecule has 1 aromatic carbocycles. The van der Waals surface area contributed by atoms with Crippen molar-refractivity contribution in [2.45, 2.75) is 0 Å². The molecule has 0 spiro atoms. The van der Waals surface area contributed by atoms with E-state index in [-0.39, 0.29) is 12.4 Å². The molecule has 0 saturated carbocycles. The maximum atomic E-state index is 12.6. The normalized spacial score (nSPS) is 9.64. The van der Waals surface area contributed by atoms with E-state index in [2.05, 4.69) is 0 Å². The van der Waals surface area contributed by atoms with Crippen molar-refractivity contribution in [3.63, 3.8) is 0 Å². The zero-order valence-corrected chi connectivity index (χ0v) is 7.09. The number of hydrogen-bond donors (Lipinski definition) is 2. The van der Waals surface area contributed by atoms with Crippen LogP contribution in [0.4, 0.5) is 8.78 Å². The molecule has 1 aromatic rings. The molecule has 0 aliphatic heterocycles. The molecule has 0 aromatic heterocycles. The molecule has 0 aliphatic carbocycles. The maximum absolute atomic E-state index is 12.6. The minimum atomic E-state index is -0.770. The van der Waals surface area contributed by atoms with Gasteiger partial charge in [-0.05, 0) is 0 Å². The van der Waals surface area contributed by atoms with Gasteiger partial charge in [0.05, 0.1) is 0 Å². The fourth-order valence-electron chi connectivity index (χ4n) is 0.802. The molecular formula is C8H8F2N2O2. The van der Waals surface area contributed by atoms with Gasteiger partial charge >= 0.3 is 0 Å². The molecule has 0 atom stereocenters. The van der Waals surface area contributed by atoms with Crippen LogP contribution in [0.15, 0.2) is 18.2 Å². The highest BCUT2D eigenvalue weighted by Crippen LogP contribution is 2.14. The van der Waals surface area contributed by atoms with Crippen molar-refractivity contribution in [2.24, 2.45) is 5.84 Å². The van der Waals surface area contributed by atoms with Crippen molar-refractivity contribution < 1.29 is 18.3 Å². The standard InChI is InChI=1S/C8H8F2N2O2/c9-5-1-6(10)3-7(2-5)14-4-8(13)12-11/h1-3H,4,11H2,(H,12,13). The van der Waals surface area contributed by atoms with E-state index in [9.17, 15) is 13.6 Å². The fraction of sp³-hybridized carbons (Fsp3) is 0.125. The zero-order chi connectivity index (χ0) is 10.6. The summed E-state index contributed by atoms with van der Waals surface area (Å²) in [5.41, 5.74) is 1.81. The Labute approximate surface area is 78.6 Å². The van der Waals surface area contributed by atoms with Gasteiger partial charge in [-0.3, -0.25) is 10.2 Å². The first kappa shape index (κ1) is 10.4. The van der Waals surface area contributed by atoms with E-state index in [1.54, 1.807) is 0 Å². The summed E-state index contributed by atoms with van der Waals surface area (Å²) in [7, 11) is 0. The molecule has 0 bridgehead atoms. The SMILES string of the molecule is NNC(=O)COc1cc(F)cc(F)c1. The van der Waals surface area contributed by atoms with E-state index in [1.807, 2.05) is 5.43 Å². The van der Waals surface area contributed by atoms with Crippen LogP contribution < -0.4 is 16.0 Å². The number of hydrogen-bond acceptors (Lipinski definition) is 3. The van der Waals surface area contributed by atoms with E-state index >= 15 is 0 Å². The second-order valence-corrected chi connectivity index (χ2v) is 2.46. The summed E-state index contributed by atoms with van der Waals surface area (Å²) >= 11 is 0. The first-order valence-electron chi connectivity index (χ1n) is 3.70. The topological polar surface area (TPSA) is 64.3 Å². The summed E-state index contributed by atoms with van der Waals surface area (Å²) < 4.78 is 29.9. The first-order chi connectivity index (χ1) is 6.61. The van der Waals surface area contributed by atoms with Gasteiger partial charge in [-0.25, -0.2) is 14.6 Å². The van der Waals surface area contributed by atoms with E-state index in [0.29, 0.717) is 6.07 Å². The van der Waals surface area contributed by atoms with Crippen molar-refractivity contribution in [3.8, 4) is 5.75 Å². The molecule has 0 fully saturated rings. The largest absolute Gasteiger partial charge is 0.484 e. The van der Waals surface area contributed by atoms with E-state index in [4.69, 9.17) is 10.6 Å². The van der Waals surface area contributed by atoms with Crippen LogP contribution in [-0.2, 0) is 4.79 Å². The molecule has 3 N–H and O–H groups in total. The quantitative estimate of drug-likeness (QED) is 0.422. The molecule has 76 valence electrons. The van der Waals surface area contributed by atoms with Gasteiger partial charge < -0.3 is 4.74 Å². The molecule has 4 nitrogen and oxygen atoms in total. The average molecular weight is 202 g/mol. The van der Waals surface area contributed by atoms with E-state index < -0.39 is 17.5 Å². The summed E-state index contributed by atoms with van der Waals surface area (Å²) in [5.74, 6) is 2.58. The van der Waals surface area contributed by atoms with Crippen LogP contribution in [0.2, 0.25) is 0 Å². The number of nitrogens with one attached hydrogen (secondary N) is 1. The summed E-state index contributed by atoms with van der Waals surface area (Å²) in [6.45, 7) is -0.389. The van der Waals surface area contributed by atoms with E-state index in [0.717, 1.165) is 12.1 Å². The Hall–Kier alpha value is -1.69. The Kier molecular flexibility index (Phi) is 3.35. The number of amides is 1. The van der Waals surface area contributed by atoms with Gasteiger partial charge in [0.2, 0.25) is 0 Å². The molecule has 1 rings (SSSR count). The Morgan fingerprint density at radius 2 is 1.93 bits per heavy atom. The maximum Gasteiger partial charge on any atom is 0.271 e. The number of nitrogens with two attached hydrogens (primary N) is 1. The summed E-state index contributed by atoms with van der Waals surface area (Å²) in [6.07, 6.45) is 0. The van der Waals surface area contributed by atoms with Gasteiger partial charge in [0.25, 0.3) is 5.91 Å². The van der Waals surface area contributed by atoms with Crippen molar-refractivity contribution >= 4 is 5.91 Å². The van der Waals surface area contributed by atoms with Crippen LogP contribution in [0.1, 0.15) is 0 Å². The highest BCUT2D eigenvalue weighted by Gasteiger charge is 2.03. The van der Waals surface area contributed by atoms with Gasteiger partial charge in [0.1, 0.15) is 17.4 Å². The first-order valence-corrected chi connectivity index (χ1v) is 3.70. The van der Waals surface area contributed by atoms with Crippen LogP contribution in [0.5, 0.6) is 5.75 Å². The fourth-order valence-corrected chi connectivity index (χ4v) is 0.802. The highest BCUT2D eigenvalue weighted by atomic mass is 19.1. The second-order valence-electron chi connectivity index (χ2n) is 2.46. The minimum Gasteiger partial charge on any atom is -0.484 e. The second kappa shape index (κ2) is 4.52. The van der Waals surface area contributed by atoms with Gasteiger partial charge in [0.15, 0.2) is 6.61 Å². The molecule has 0 aliphatic rings. The number of halogens is 2.